The Kier molecular flexibility index (Phi) is 3.81. The highest BCUT2D eigenvalue weighted by Gasteiger charge is 2.24. The molecule has 0 saturated heterocycles. The van der Waals surface area contributed by atoms with Crippen LogP contribution in [-0.4, -0.2) is 34.1 Å². The van der Waals surface area contributed by atoms with Crippen LogP contribution in [0.2, 0.25) is 0 Å². The van der Waals surface area contributed by atoms with Crippen LogP contribution in [0.1, 0.15) is 11.3 Å². The van der Waals surface area contributed by atoms with Crippen LogP contribution >= 0.6 is 0 Å². The molecule has 1 aromatic carbocycles. The second-order valence-corrected chi connectivity index (χ2v) is 4.67. The van der Waals surface area contributed by atoms with Crippen LogP contribution in [0.15, 0.2) is 12.1 Å². The minimum Gasteiger partial charge on any atom is -0.496 e. The average Bonchev–Trinajstić information content (AvgIpc) is 2.74. The molecule has 1 aromatic heterocycles. The fraction of sp³-hybridized carbons (Fsp3) is 0.308. The molecule has 0 fully saturated rings. The summed E-state index contributed by atoms with van der Waals surface area (Å²) in [6.07, 6.45) is 0.0543. The van der Waals surface area contributed by atoms with Gasteiger partial charge in [0.25, 0.3) is 5.69 Å². The quantitative estimate of drug-likeness (QED) is 0.563. The van der Waals surface area contributed by atoms with Crippen molar-refractivity contribution >= 4 is 22.6 Å². The Balaban J connectivity index is 2.70. The maximum Gasteiger partial charge on any atom is 0.320 e. The van der Waals surface area contributed by atoms with Crippen molar-refractivity contribution in [2.75, 3.05) is 7.11 Å². The number of carboxylic acids is 1. The van der Waals surface area contributed by atoms with E-state index in [1.807, 2.05) is 0 Å². The number of benzene rings is 1. The molecule has 1 unspecified atom stereocenters. The number of nitrogens with zero attached hydrogens (tertiary/aromatic N) is 1. The van der Waals surface area contributed by atoms with Gasteiger partial charge < -0.3 is 20.6 Å². The molecular formula is C13H15N3O5. The number of fused-ring (bicyclic) bond motifs is 1. The number of aromatic nitrogens is 1. The van der Waals surface area contributed by atoms with Crippen LogP contribution in [0.25, 0.3) is 10.9 Å². The van der Waals surface area contributed by atoms with Crippen LogP contribution in [0.5, 0.6) is 5.75 Å². The van der Waals surface area contributed by atoms with Gasteiger partial charge in [0.05, 0.1) is 17.4 Å². The molecule has 0 amide bonds. The maximum atomic E-state index is 11.1. The number of hydrogen-bond donors (Lipinski definition) is 3. The molecule has 1 heterocycles. The molecular weight excluding hydrogens is 278 g/mol. The molecule has 0 aliphatic carbocycles. The lowest BCUT2D eigenvalue weighted by Crippen LogP contribution is -2.32. The number of nitro groups is 1. The minimum atomic E-state index is -1.13. The summed E-state index contributed by atoms with van der Waals surface area (Å²) in [6, 6.07) is 1.74. The van der Waals surface area contributed by atoms with Crippen molar-refractivity contribution in [1.82, 2.24) is 4.98 Å². The molecule has 1 atom stereocenters. The Bertz CT molecular complexity index is 722. The molecule has 2 aromatic rings. The van der Waals surface area contributed by atoms with Crippen LogP contribution in [0.3, 0.4) is 0 Å². The van der Waals surface area contributed by atoms with Crippen molar-refractivity contribution < 1.29 is 19.6 Å². The molecule has 0 bridgehead atoms. The smallest absolute Gasteiger partial charge is 0.320 e. The fourth-order valence-corrected chi connectivity index (χ4v) is 2.33. The number of aromatic amines is 1. The van der Waals surface area contributed by atoms with Crippen LogP contribution in [0, 0.1) is 17.0 Å². The number of non-ortho nitro benzene ring substituents is 1. The van der Waals surface area contributed by atoms with Crippen molar-refractivity contribution in [3.8, 4) is 5.75 Å². The summed E-state index contributed by atoms with van der Waals surface area (Å²) >= 11 is 0. The fourth-order valence-electron chi connectivity index (χ4n) is 2.33. The molecule has 21 heavy (non-hydrogen) atoms. The largest absolute Gasteiger partial charge is 0.496 e. The normalized spacial score (nSPS) is 12.3. The van der Waals surface area contributed by atoms with E-state index >= 15 is 0 Å². The number of hydrogen-bond acceptors (Lipinski definition) is 5. The Hall–Kier alpha value is -2.61. The zero-order valence-corrected chi connectivity index (χ0v) is 11.5. The van der Waals surface area contributed by atoms with Gasteiger partial charge in [0.1, 0.15) is 17.3 Å². The SMILES string of the molecule is COc1ccc([N+](=O)[O-])c2[nH]c(C)c(CC(N)C(=O)O)c12. The third-order valence-electron chi connectivity index (χ3n) is 3.37. The lowest BCUT2D eigenvalue weighted by Gasteiger charge is -2.09. The standard InChI is InChI=1S/C13H15N3O5/c1-6-7(5-8(14)13(17)18)11-10(21-2)4-3-9(16(19)20)12(11)15-6/h3-4,8,15H,5,14H2,1-2H3,(H,17,18). The van der Waals surface area contributed by atoms with Gasteiger partial charge in [-0.3, -0.25) is 14.9 Å². The highest BCUT2D eigenvalue weighted by atomic mass is 16.6. The average molecular weight is 293 g/mol. The summed E-state index contributed by atoms with van der Waals surface area (Å²) < 4.78 is 5.23. The molecule has 4 N–H and O–H groups in total. The Morgan fingerprint density at radius 2 is 2.24 bits per heavy atom. The van der Waals surface area contributed by atoms with Gasteiger partial charge in [-0.15, -0.1) is 0 Å². The first-order valence-corrected chi connectivity index (χ1v) is 6.17. The molecule has 0 saturated carbocycles. The van der Waals surface area contributed by atoms with Crippen molar-refractivity contribution in [3.05, 3.63) is 33.5 Å². The van der Waals surface area contributed by atoms with Gasteiger partial charge in [-0.2, -0.15) is 0 Å². The molecule has 8 nitrogen and oxygen atoms in total. The third-order valence-corrected chi connectivity index (χ3v) is 3.37. The Morgan fingerprint density at radius 3 is 2.76 bits per heavy atom. The number of H-pyrrole nitrogens is 1. The minimum absolute atomic E-state index is 0.0543. The van der Waals surface area contributed by atoms with Gasteiger partial charge >= 0.3 is 5.97 Å². The summed E-state index contributed by atoms with van der Waals surface area (Å²) in [4.78, 5) is 24.4. The molecule has 8 heteroatoms. The van der Waals surface area contributed by atoms with Crippen molar-refractivity contribution in [3.63, 3.8) is 0 Å². The van der Waals surface area contributed by atoms with Gasteiger partial charge in [0.2, 0.25) is 0 Å². The Labute approximate surface area is 119 Å². The maximum absolute atomic E-state index is 11.1. The summed E-state index contributed by atoms with van der Waals surface area (Å²) in [7, 11) is 1.45. The second kappa shape index (κ2) is 5.41. The van der Waals surface area contributed by atoms with Gasteiger partial charge in [-0.05, 0) is 18.6 Å². The summed E-state index contributed by atoms with van der Waals surface area (Å²) in [6.45, 7) is 1.72. The van der Waals surface area contributed by atoms with Crippen molar-refractivity contribution in [2.45, 2.75) is 19.4 Å². The van der Waals surface area contributed by atoms with Gasteiger partial charge in [-0.25, -0.2) is 0 Å². The highest BCUT2D eigenvalue weighted by Crippen LogP contribution is 2.37. The molecule has 112 valence electrons. The summed E-state index contributed by atoms with van der Waals surface area (Å²) in [5.41, 5.74) is 7.03. The number of nitrogens with one attached hydrogen (secondary N) is 1. The second-order valence-electron chi connectivity index (χ2n) is 4.67. The molecule has 0 aliphatic rings. The number of aliphatic carboxylic acids is 1. The van der Waals surface area contributed by atoms with E-state index in [1.54, 1.807) is 6.92 Å². The van der Waals surface area contributed by atoms with Crippen LogP contribution in [-0.2, 0) is 11.2 Å². The highest BCUT2D eigenvalue weighted by molar-refractivity contribution is 5.97. The number of rotatable bonds is 5. The first-order chi connectivity index (χ1) is 9.86. The van der Waals surface area contributed by atoms with E-state index in [4.69, 9.17) is 15.6 Å². The first kappa shape index (κ1) is 14.8. The number of ether oxygens (including phenoxy) is 1. The topological polar surface area (TPSA) is 131 Å². The summed E-state index contributed by atoms with van der Waals surface area (Å²) in [5.74, 6) is -0.694. The molecule has 0 spiro atoms. The van der Waals surface area contributed by atoms with E-state index in [2.05, 4.69) is 4.98 Å². The summed E-state index contributed by atoms with van der Waals surface area (Å²) in [5, 5.41) is 20.5. The van der Waals surface area contributed by atoms with Crippen molar-refractivity contribution in [2.24, 2.45) is 5.73 Å². The Morgan fingerprint density at radius 1 is 1.57 bits per heavy atom. The predicted octanol–water partition coefficient (Wildman–Crippen LogP) is 1.35. The number of nitrogens with two attached hydrogens (primary N) is 1. The zero-order valence-electron chi connectivity index (χ0n) is 11.5. The first-order valence-electron chi connectivity index (χ1n) is 6.17. The van der Waals surface area contributed by atoms with E-state index < -0.39 is 16.9 Å². The van der Waals surface area contributed by atoms with E-state index in [-0.39, 0.29) is 12.1 Å². The van der Waals surface area contributed by atoms with E-state index in [1.165, 1.54) is 19.2 Å². The van der Waals surface area contributed by atoms with E-state index in [0.29, 0.717) is 27.9 Å². The van der Waals surface area contributed by atoms with Gasteiger partial charge in [0, 0.05) is 18.2 Å². The van der Waals surface area contributed by atoms with Crippen LogP contribution in [0.4, 0.5) is 5.69 Å². The number of carbonyl (C=O) groups is 1. The zero-order chi connectivity index (χ0) is 15.7. The predicted molar refractivity (Wildman–Crippen MR) is 75.6 cm³/mol. The lowest BCUT2D eigenvalue weighted by atomic mass is 10.0. The number of carboxylic acid groups (broad SMARTS) is 1. The van der Waals surface area contributed by atoms with E-state index in [9.17, 15) is 14.9 Å². The number of nitro benzene ring substituents is 1. The molecule has 0 radical (unpaired) electrons. The number of methoxy groups -OCH3 is 1. The van der Waals surface area contributed by atoms with Crippen LogP contribution < -0.4 is 10.5 Å². The monoisotopic (exact) mass is 293 g/mol. The molecule has 2 rings (SSSR count). The van der Waals surface area contributed by atoms with Gasteiger partial charge in [0.15, 0.2) is 0 Å². The lowest BCUT2D eigenvalue weighted by molar-refractivity contribution is -0.383. The van der Waals surface area contributed by atoms with E-state index in [0.717, 1.165) is 0 Å². The molecule has 0 aliphatic heterocycles. The number of aryl methyl sites for hydroxylation is 1. The van der Waals surface area contributed by atoms with Gasteiger partial charge in [-0.1, -0.05) is 0 Å². The van der Waals surface area contributed by atoms with Crippen molar-refractivity contribution in [1.29, 1.82) is 0 Å². The third kappa shape index (κ3) is 2.52.